The average molecular weight is 558 g/mol. The molecule has 9 heteroatoms. The summed E-state index contributed by atoms with van der Waals surface area (Å²) in [4.78, 5) is 25.9. The number of carbonyl (C=O) groups excluding carboxylic acids is 1. The van der Waals surface area contributed by atoms with Gasteiger partial charge < -0.3 is 19.7 Å². The quantitative estimate of drug-likeness (QED) is 0.260. The van der Waals surface area contributed by atoms with Crippen molar-refractivity contribution in [1.29, 1.82) is 0 Å². The summed E-state index contributed by atoms with van der Waals surface area (Å²) in [5.74, 6) is 2.37. The Morgan fingerprint density at radius 1 is 1.14 bits per heavy atom. The Kier molecular flexibility index (Phi) is 9.89. The molecule has 0 saturated carbocycles. The van der Waals surface area contributed by atoms with Crippen LogP contribution >= 0.6 is 31.4 Å². The number of rotatable bonds is 12. The molecule has 0 aliphatic carbocycles. The standard InChI is InChI=1S/C28H29ClNO5PS/c1-2-35-36(32)20-28(19-34-27(31)30-28)15-7-10-22-13-14-25(17-26(22)29)37-24-12-6-11-23(16-24)33-18-21-8-4-3-5-9-21/h3-6,8-9,11-14,16-17,20H,2,7,10,15,18-19H2,1H3,(H,30,31). The van der Waals surface area contributed by atoms with Gasteiger partial charge in [-0.05, 0) is 67.6 Å². The number of cyclic esters (lactones) is 1. The highest BCUT2D eigenvalue weighted by Gasteiger charge is 2.40. The Hall–Kier alpha value is -2.54. The van der Waals surface area contributed by atoms with Crippen LogP contribution in [0.3, 0.4) is 0 Å². The van der Waals surface area contributed by atoms with Gasteiger partial charge in [-0.2, -0.15) is 4.52 Å². The van der Waals surface area contributed by atoms with E-state index in [1.807, 2.05) is 66.7 Å². The summed E-state index contributed by atoms with van der Waals surface area (Å²) in [5, 5.41) is 3.48. The summed E-state index contributed by atoms with van der Waals surface area (Å²) in [6, 6.07) is 24.1. The van der Waals surface area contributed by atoms with Crippen molar-refractivity contribution in [2.75, 3.05) is 13.2 Å². The topological polar surface area (TPSA) is 79.8 Å². The third-order valence-corrected chi connectivity index (χ3v) is 8.35. The lowest BCUT2D eigenvalue weighted by molar-refractivity contribution is -0.171. The molecule has 1 N–H and O–H groups in total. The van der Waals surface area contributed by atoms with Crippen molar-refractivity contribution in [2.24, 2.45) is 0 Å². The number of halogens is 1. The number of hydrogen-bond donors (Lipinski definition) is 1. The van der Waals surface area contributed by atoms with Crippen LogP contribution in [0.25, 0.3) is 0 Å². The van der Waals surface area contributed by atoms with E-state index >= 15 is 0 Å². The number of amides is 1. The molecule has 1 aliphatic heterocycles. The maximum absolute atomic E-state index is 12.1. The van der Waals surface area contributed by atoms with E-state index in [0.717, 1.165) is 33.1 Å². The highest BCUT2D eigenvalue weighted by Crippen LogP contribution is 2.33. The molecule has 0 bridgehead atoms. The van der Waals surface area contributed by atoms with E-state index in [1.165, 1.54) is 0 Å². The van der Waals surface area contributed by atoms with Gasteiger partial charge in [0.15, 0.2) is 0 Å². The van der Waals surface area contributed by atoms with Gasteiger partial charge in [-0.3, -0.25) is 0 Å². The summed E-state index contributed by atoms with van der Waals surface area (Å²) >= 11 is 8.24. The summed E-state index contributed by atoms with van der Waals surface area (Å²) in [7, 11) is -1.99. The zero-order valence-corrected chi connectivity index (χ0v) is 23.0. The van der Waals surface area contributed by atoms with E-state index in [2.05, 4.69) is 11.4 Å². The minimum Gasteiger partial charge on any atom is -0.603 e. The Labute approximate surface area is 227 Å². The molecule has 0 radical (unpaired) electrons. The number of benzene rings is 3. The third-order valence-electron chi connectivity index (χ3n) is 5.80. The van der Waals surface area contributed by atoms with Crippen molar-refractivity contribution in [2.45, 2.75) is 48.1 Å². The van der Waals surface area contributed by atoms with Crippen LogP contribution in [-0.4, -0.2) is 30.6 Å². The number of alkyl carbamates (subject to hydrolysis) is 1. The Balaban J connectivity index is 1.33. The van der Waals surface area contributed by atoms with Crippen LogP contribution in [0.1, 0.15) is 30.9 Å². The first-order valence-electron chi connectivity index (χ1n) is 12.1. The Bertz CT molecular complexity index is 1240. The second kappa shape index (κ2) is 13.3. The van der Waals surface area contributed by atoms with E-state index < -0.39 is 19.6 Å². The predicted molar refractivity (Wildman–Crippen MR) is 148 cm³/mol. The van der Waals surface area contributed by atoms with Crippen LogP contribution < -0.4 is 14.9 Å². The normalized spacial score (nSPS) is 17.4. The number of nitrogens with one attached hydrogen (secondary N) is 1. The molecule has 194 valence electrons. The number of hydrogen-bond acceptors (Lipinski definition) is 6. The molecule has 4 rings (SSSR count). The van der Waals surface area contributed by atoms with Crippen molar-refractivity contribution >= 4 is 43.3 Å². The summed E-state index contributed by atoms with van der Waals surface area (Å²) in [5.41, 5.74) is 1.34. The van der Waals surface area contributed by atoms with Gasteiger partial charge in [0.05, 0.1) is 6.61 Å². The number of carbonyl (C=O) groups is 1. The van der Waals surface area contributed by atoms with Crippen molar-refractivity contribution in [3.63, 3.8) is 0 Å². The Morgan fingerprint density at radius 3 is 2.68 bits per heavy atom. The minimum atomic E-state index is -1.99. The zero-order valence-electron chi connectivity index (χ0n) is 20.5. The molecule has 0 aromatic heterocycles. The largest absolute Gasteiger partial charge is 0.603 e. The first-order valence-corrected chi connectivity index (χ1v) is 14.5. The second-order valence-corrected chi connectivity index (χ2v) is 11.3. The predicted octanol–water partition coefficient (Wildman–Crippen LogP) is 6.38. The zero-order chi connectivity index (χ0) is 26.1. The molecule has 2 unspecified atom stereocenters. The smallest absolute Gasteiger partial charge is 0.408 e. The maximum atomic E-state index is 12.1. The van der Waals surface area contributed by atoms with Crippen LogP contribution in [0.2, 0.25) is 5.02 Å². The monoisotopic (exact) mass is 557 g/mol. The van der Waals surface area contributed by atoms with Gasteiger partial charge in [-0.1, -0.05) is 65.8 Å². The SMILES string of the molecule is CCO[P+]([O-])=CC1(CCCc2ccc(Sc3cccc(OCc4ccccc4)c3)cc2Cl)COC(=O)N1. The molecule has 2 atom stereocenters. The summed E-state index contributed by atoms with van der Waals surface area (Å²) < 4.78 is 16.2. The fraction of sp³-hybridized carbons (Fsp3) is 0.286. The average Bonchev–Trinajstić information content (AvgIpc) is 3.25. The van der Waals surface area contributed by atoms with Crippen molar-refractivity contribution < 1.29 is 23.7 Å². The lowest BCUT2D eigenvalue weighted by Gasteiger charge is -2.20. The molecule has 1 heterocycles. The Morgan fingerprint density at radius 2 is 1.95 bits per heavy atom. The van der Waals surface area contributed by atoms with Crippen LogP contribution in [0, 0.1) is 0 Å². The molecule has 1 aliphatic rings. The van der Waals surface area contributed by atoms with Crippen LogP contribution in [0.4, 0.5) is 4.79 Å². The maximum Gasteiger partial charge on any atom is 0.408 e. The van der Waals surface area contributed by atoms with Crippen LogP contribution in [0.5, 0.6) is 5.75 Å². The van der Waals surface area contributed by atoms with Gasteiger partial charge >= 0.3 is 6.09 Å². The van der Waals surface area contributed by atoms with E-state index in [9.17, 15) is 9.69 Å². The fourth-order valence-corrected chi connectivity index (χ4v) is 6.25. The molecular formula is C28H29ClNO5PS. The number of aryl methyl sites for hydroxylation is 1. The van der Waals surface area contributed by atoms with E-state index in [4.69, 9.17) is 25.6 Å². The lowest BCUT2D eigenvalue weighted by atomic mass is 9.95. The van der Waals surface area contributed by atoms with Gasteiger partial charge in [-0.15, -0.1) is 0 Å². The third kappa shape index (κ3) is 8.22. The molecule has 1 amide bonds. The van der Waals surface area contributed by atoms with Crippen molar-refractivity contribution in [3.05, 3.63) is 88.9 Å². The summed E-state index contributed by atoms with van der Waals surface area (Å²) in [6.07, 6.45) is 1.49. The first kappa shape index (κ1) is 27.5. The van der Waals surface area contributed by atoms with Gasteiger partial charge in [0.25, 0.3) is 0 Å². The van der Waals surface area contributed by atoms with Crippen LogP contribution in [-0.2, 0) is 22.3 Å². The van der Waals surface area contributed by atoms with Gasteiger partial charge in [0.2, 0.25) is 8.00 Å². The van der Waals surface area contributed by atoms with Crippen molar-refractivity contribution in [1.82, 2.24) is 5.32 Å². The van der Waals surface area contributed by atoms with E-state index in [1.54, 1.807) is 24.5 Å². The highest BCUT2D eigenvalue weighted by atomic mass is 35.5. The number of ether oxygens (including phenoxy) is 2. The van der Waals surface area contributed by atoms with Gasteiger partial charge in [0.1, 0.15) is 30.3 Å². The van der Waals surface area contributed by atoms with Crippen LogP contribution in [0.15, 0.2) is 82.6 Å². The molecule has 1 saturated heterocycles. The first-order chi connectivity index (χ1) is 17.9. The second-order valence-electron chi connectivity index (χ2n) is 8.65. The van der Waals surface area contributed by atoms with Gasteiger partial charge in [0, 0.05) is 14.8 Å². The molecule has 37 heavy (non-hydrogen) atoms. The van der Waals surface area contributed by atoms with E-state index in [-0.39, 0.29) is 6.61 Å². The van der Waals surface area contributed by atoms with Gasteiger partial charge in [-0.25, -0.2) is 4.79 Å². The van der Waals surface area contributed by atoms with Crippen molar-refractivity contribution in [3.8, 4) is 5.75 Å². The van der Waals surface area contributed by atoms with E-state index in [0.29, 0.717) is 31.1 Å². The highest BCUT2D eigenvalue weighted by molar-refractivity contribution is 7.99. The molecular weight excluding hydrogens is 529 g/mol. The molecule has 3 aromatic rings. The molecule has 3 aromatic carbocycles. The molecule has 1 fully saturated rings. The minimum absolute atomic E-state index is 0.136. The summed E-state index contributed by atoms with van der Waals surface area (Å²) in [6.45, 7) is 2.77. The lowest BCUT2D eigenvalue weighted by Crippen LogP contribution is -2.45. The fourth-order valence-electron chi connectivity index (χ4n) is 4.00. The molecule has 0 spiro atoms. The molecule has 6 nitrogen and oxygen atoms in total.